The average molecular weight is 388 g/mol. The predicted molar refractivity (Wildman–Crippen MR) is 123 cm³/mol. The molecule has 4 heteroatoms. The van der Waals surface area contributed by atoms with Gasteiger partial charge in [0, 0.05) is 28.6 Å². The van der Waals surface area contributed by atoms with E-state index in [0.717, 1.165) is 21.9 Å². The first kappa shape index (κ1) is 19.2. The van der Waals surface area contributed by atoms with Crippen LogP contribution >= 0.6 is 0 Å². The third-order valence-corrected chi connectivity index (χ3v) is 4.45. The van der Waals surface area contributed by atoms with Gasteiger partial charge in [-0.3, -0.25) is 9.97 Å². The predicted octanol–water partition coefficient (Wildman–Crippen LogP) is 6.10. The lowest BCUT2D eigenvalue weighted by atomic mass is 10.2. The van der Waals surface area contributed by atoms with Crippen molar-refractivity contribution in [2.24, 2.45) is 0 Å². The molecule has 0 N–H and O–H groups in total. The van der Waals surface area contributed by atoms with Gasteiger partial charge in [-0.25, -0.2) is 0 Å². The Bertz CT molecular complexity index is 999. The van der Waals surface area contributed by atoms with Crippen LogP contribution in [0.4, 0.5) is 0 Å². The second-order valence-electron chi connectivity index (χ2n) is 6.48. The van der Waals surface area contributed by atoms with Gasteiger partial charge < -0.3 is 0 Å². The molecule has 0 atom stereocenters. The van der Waals surface area contributed by atoms with E-state index in [1.807, 2.05) is 91.3 Å². The Balaban J connectivity index is 0.000000109. The van der Waals surface area contributed by atoms with Crippen LogP contribution in [0.3, 0.4) is 0 Å². The van der Waals surface area contributed by atoms with Crippen molar-refractivity contribution in [1.29, 1.82) is 0 Å². The largest absolute Gasteiger partial charge is 0.256 e. The summed E-state index contributed by atoms with van der Waals surface area (Å²) < 4.78 is 0. The van der Waals surface area contributed by atoms with E-state index in [1.54, 1.807) is 6.20 Å². The minimum Gasteiger partial charge on any atom is -0.256 e. The number of pyridine rings is 2. The van der Waals surface area contributed by atoms with E-state index < -0.39 is 0 Å². The van der Waals surface area contributed by atoms with Crippen LogP contribution in [0.25, 0.3) is 32.7 Å². The van der Waals surface area contributed by atoms with Gasteiger partial charge in [-0.15, -0.1) is 0 Å². The van der Waals surface area contributed by atoms with Crippen LogP contribution in [-0.2, 0) is 0 Å². The van der Waals surface area contributed by atoms with Crippen molar-refractivity contribution in [2.75, 3.05) is 0 Å². The van der Waals surface area contributed by atoms with E-state index >= 15 is 0 Å². The summed E-state index contributed by atoms with van der Waals surface area (Å²) in [6, 6.07) is 34.0. The number of benzene rings is 3. The van der Waals surface area contributed by atoms with Crippen LogP contribution in [0.5, 0.6) is 0 Å². The van der Waals surface area contributed by atoms with E-state index in [-0.39, 0.29) is 0 Å². The van der Waals surface area contributed by atoms with E-state index in [9.17, 15) is 0 Å². The third kappa shape index (κ3) is 5.00. The van der Waals surface area contributed by atoms with Crippen molar-refractivity contribution in [1.82, 2.24) is 20.2 Å². The summed E-state index contributed by atoms with van der Waals surface area (Å²) in [6.07, 6.45) is 5.31. The SMILES string of the molecule is c1ccc2ncccc2c1.c1ccc2ncccc2c1.c1ccc2nnccc2c1. The minimum atomic E-state index is 0.949. The molecule has 6 rings (SSSR count). The van der Waals surface area contributed by atoms with Gasteiger partial charge >= 0.3 is 0 Å². The van der Waals surface area contributed by atoms with Crippen LogP contribution < -0.4 is 0 Å². The van der Waals surface area contributed by atoms with Gasteiger partial charge in [0.2, 0.25) is 0 Å². The normalized spacial score (nSPS) is 10.0. The quantitative estimate of drug-likeness (QED) is 0.315. The number of para-hydroxylation sites is 2. The first-order valence-electron chi connectivity index (χ1n) is 9.66. The molecule has 30 heavy (non-hydrogen) atoms. The molecule has 0 aliphatic heterocycles. The summed E-state index contributed by atoms with van der Waals surface area (Å²) in [7, 11) is 0. The molecule has 0 saturated heterocycles. The van der Waals surface area contributed by atoms with E-state index in [0.29, 0.717) is 0 Å². The molecule has 3 aromatic heterocycles. The maximum Gasteiger partial charge on any atom is 0.0929 e. The molecule has 0 aliphatic rings. The van der Waals surface area contributed by atoms with Gasteiger partial charge in [0.15, 0.2) is 0 Å². The average Bonchev–Trinajstić information content (AvgIpc) is 2.85. The lowest BCUT2D eigenvalue weighted by Gasteiger charge is -1.91. The number of hydrogen-bond donors (Lipinski definition) is 0. The smallest absolute Gasteiger partial charge is 0.0929 e. The zero-order valence-corrected chi connectivity index (χ0v) is 16.3. The molecule has 3 heterocycles. The standard InChI is InChI=1S/2C9H7N.C8H6N2/c2*1-2-6-9-8(4-1)5-3-7-10-9;1-2-4-8-7(3-1)5-6-9-10-8/h2*1-7H;1-6H. The molecule has 3 aromatic carbocycles. The summed E-state index contributed by atoms with van der Waals surface area (Å²) in [5.41, 5.74) is 3.07. The molecule has 0 bridgehead atoms. The van der Waals surface area contributed by atoms with Crippen molar-refractivity contribution in [3.8, 4) is 0 Å². The second kappa shape index (κ2) is 9.85. The fourth-order valence-corrected chi connectivity index (χ4v) is 2.96. The first-order chi connectivity index (χ1) is 14.9. The van der Waals surface area contributed by atoms with Crippen LogP contribution in [-0.4, -0.2) is 20.2 Å². The molecular weight excluding hydrogens is 368 g/mol. The van der Waals surface area contributed by atoms with Crippen molar-refractivity contribution >= 4 is 32.7 Å². The van der Waals surface area contributed by atoms with Gasteiger partial charge in [-0.05, 0) is 36.4 Å². The molecule has 6 aromatic rings. The second-order valence-corrected chi connectivity index (χ2v) is 6.48. The van der Waals surface area contributed by atoms with E-state index in [4.69, 9.17) is 0 Å². The highest BCUT2D eigenvalue weighted by atomic mass is 15.1. The monoisotopic (exact) mass is 388 g/mol. The minimum absolute atomic E-state index is 0.949. The Morgan fingerprint density at radius 1 is 0.367 bits per heavy atom. The summed E-state index contributed by atoms with van der Waals surface area (Å²) in [6.45, 7) is 0. The molecule has 0 fully saturated rings. The lowest BCUT2D eigenvalue weighted by Crippen LogP contribution is -1.79. The number of fused-ring (bicyclic) bond motifs is 3. The molecule has 0 aliphatic carbocycles. The topological polar surface area (TPSA) is 51.6 Å². The molecule has 0 unspecified atom stereocenters. The van der Waals surface area contributed by atoms with Crippen LogP contribution in [0.2, 0.25) is 0 Å². The Hall–Kier alpha value is -4.18. The molecule has 0 saturated carbocycles. The summed E-state index contributed by atoms with van der Waals surface area (Å²) >= 11 is 0. The Morgan fingerprint density at radius 2 is 0.800 bits per heavy atom. The number of aromatic nitrogens is 4. The van der Waals surface area contributed by atoms with E-state index in [2.05, 4.69) is 44.4 Å². The molecule has 144 valence electrons. The maximum absolute atomic E-state index is 4.18. The fourth-order valence-electron chi connectivity index (χ4n) is 2.96. The molecule has 0 radical (unpaired) electrons. The highest BCUT2D eigenvalue weighted by molar-refractivity contribution is 5.78. The Kier molecular flexibility index (Phi) is 6.28. The highest BCUT2D eigenvalue weighted by Gasteiger charge is 1.88. The van der Waals surface area contributed by atoms with Crippen LogP contribution in [0.15, 0.2) is 122 Å². The van der Waals surface area contributed by atoms with Crippen molar-refractivity contribution in [2.45, 2.75) is 0 Å². The van der Waals surface area contributed by atoms with Crippen molar-refractivity contribution < 1.29 is 0 Å². The number of nitrogens with zero attached hydrogens (tertiary/aromatic N) is 4. The van der Waals surface area contributed by atoms with E-state index in [1.165, 1.54) is 10.8 Å². The summed E-state index contributed by atoms with van der Waals surface area (Å²) in [5, 5.41) is 11.2. The Labute approximate surface area is 174 Å². The van der Waals surface area contributed by atoms with Gasteiger partial charge in [-0.1, -0.05) is 66.7 Å². The van der Waals surface area contributed by atoms with Gasteiger partial charge in [0.1, 0.15) is 0 Å². The van der Waals surface area contributed by atoms with Crippen molar-refractivity contribution in [3.05, 3.63) is 122 Å². The zero-order valence-electron chi connectivity index (χ0n) is 16.3. The molecule has 0 amide bonds. The zero-order chi connectivity index (χ0) is 20.4. The Morgan fingerprint density at radius 3 is 1.30 bits per heavy atom. The van der Waals surface area contributed by atoms with Gasteiger partial charge in [0.25, 0.3) is 0 Å². The van der Waals surface area contributed by atoms with Crippen molar-refractivity contribution in [3.63, 3.8) is 0 Å². The van der Waals surface area contributed by atoms with Crippen LogP contribution in [0.1, 0.15) is 0 Å². The third-order valence-electron chi connectivity index (χ3n) is 4.45. The highest BCUT2D eigenvalue weighted by Crippen LogP contribution is 2.09. The summed E-state index contributed by atoms with van der Waals surface area (Å²) in [5.74, 6) is 0. The number of hydrogen-bond acceptors (Lipinski definition) is 4. The molecule has 0 spiro atoms. The maximum atomic E-state index is 4.18. The van der Waals surface area contributed by atoms with Gasteiger partial charge in [-0.2, -0.15) is 10.2 Å². The fraction of sp³-hybridized carbons (Fsp3) is 0. The van der Waals surface area contributed by atoms with Gasteiger partial charge in [0.05, 0.1) is 22.7 Å². The summed E-state index contributed by atoms with van der Waals surface area (Å²) in [4.78, 5) is 8.36. The lowest BCUT2D eigenvalue weighted by molar-refractivity contribution is 1.08. The molecule has 4 nitrogen and oxygen atoms in total. The number of rotatable bonds is 0. The van der Waals surface area contributed by atoms with Crippen LogP contribution in [0, 0.1) is 0 Å². The molecular formula is C26H20N4. The first-order valence-corrected chi connectivity index (χ1v) is 9.66.